The summed E-state index contributed by atoms with van der Waals surface area (Å²) in [5.74, 6) is 0.166. The molecule has 2 aromatic carbocycles. The van der Waals surface area contributed by atoms with Gasteiger partial charge in [0.1, 0.15) is 5.82 Å². The smallest absolute Gasteiger partial charge is 0.258 e. The lowest BCUT2D eigenvalue weighted by atomic mass is 10.1. The van der Waals surface area contributed by atoms with Crippen LogP contribution in [0.15, 0.2) is 55.1 Å². The second-order valence-corrected chi connectivity index (χ2v) is 6.27. The zero-order valence-corrected chi connectivity index (χ0v) is 16.4. The minimum atomic E-state index is -0.343. The van der Waals surface area contributed by atoms with E-state index in [-0.39, 0.29) is 43.7 Å². The molecular formula is C22H25FN2O4. The Morgan fingerprint density at radius 3 is 2.31 bits per heavy atom. The highest BCUT2D eigenvalue weighted by Crippen LogP contribution is 2.28. The van der Waals surface area contributed by atoms with Crippen molar-refractivity contribution in [3.8, 4) is 11.5 Å². The lowest BCUT2D eigenvalue weighted by molar-refractivity contribution is -0.124. The zero-order chi connectivity index (χ0) is 21.1. The third-order valence-corrected chi connectivity index (χ3v) is 4.01. The van der Waals surface area contributed by atoms with Gasteiger partial charge in [-0.05, 0) is 41.8 Å². The minimum absolute atomic E-state index is 0.152. The number of carbonyl (C=O) groups is 2. The van der Waals surface area contributed by atoms with Crippen molar-refractivity contribution in [2.45, 2.75) is 12.8 Å². The first-order valence-electron chi connectivity index (χ1n) is 9.20. The number of halogens is 1. The van der Waals surface area contributed by atoms with Crippen LogP contribution in [-0.2, 0) is 22.4 Å². The van der Waals surface area contributed by atoms with Gasteiger partial charge in [-0.15, -0.1) is 6.58 Å². The molecular weight excluding hydrogens is 375 g/mol. The second kappa shape index (κ2) is 11.5. The Bertz CT molecular complexity index is 837. The first kappa shape index (κ1) is 21.9. The summed E-state index contributed by atoms with van der Waals surface area (Å²) in [5, 5.41) is 5.36. The number of hydrogen-bond acceptors (Lipinski definition) is 4. The fourth-order valence-electron chi connectivity index (χ4n) is 2.57. The molecule has 0 bridgehead atoms. The van der Waals surface area contributed by atoms with E-state index >= 15 is 0 Å². The van der Waals surface area contributed by atoms with Gasteiger partial charge in [0.15, 0.2) is 18.1 Å². The fraction of sp³-hybridized carbons (Fsp3) is 0.273. The number of allylic oxidation sites excluding steroid dienone is 1. The first-order valence-corrected chi connectivity index (χ1v) is 9.20. The number of methoxy groups -OCH3 is 1. The summed E-state index contributed by atoms with van der Waals surface area (Å²) >= 11 is 0. The van der Waals surface area contributed by atoms with Crippen molar-refractivity contribution in [3.05, 3.63) is 72.1 Å². The number of amides is 2. The van der Waals surface area contributed by atoms with E-state index in [4.69, 9.17) is 9.47 Å². The van der Waals surface area contributed by atoms with E-state index in [1.54, 1.807) is 24.3 Å². The minimum Gasteiger partial charge on any atom is -0.493 e. The molecule has 0 saturated carbocycles. The highest BCUT2D eigenvalue weighted by atomic mass is 19.1. The first-order chi connectivity index (χ1) is 14.0. The normalized spacial score (nSPS) is 10.1. The molecule has 7 heteroatoms. The lowest BCUT2D eigenvalue weighted by Gasteiger charge is -2.12. The van der Waals surface area contributed by atoms with E-state index in [0.717, 1.165) is 11.1 Å². The van der Waals surface area contributed by atoms with E-state index in [2.05, 4.69) is 17.2 Å². The maximum atomic E-state index is 12.8. The van der Waals surface area contributed by atoms with Crippen molar-refractivity contribution >= 4 is 11.8 Å². The number of nitrogens with one attached hydrogen (secondary N) is 2. The molecule has 0 unspecified atom stereocenters. The average molecular weight is 400 g/mol. The Kier molecular flexibility index (Phi) is 8.69. The molecule has 0 aliphatic heterocycles. The van der Waals surface area contributed by atoms with Gasteiger partial charge in [-0.3, -0.25) is 9.59 Å². The number of benzene rings is 2. The largest absolute Gasteiger partial charge is 0.493 e. The topological polar surface area (TPSA) is 76.7 Å². The molecule has 154 valence electrons. The summed E-state index contributed by atoms with van der Waals surface area (Å²) in [6.45, 7) is 4.09. The van der Waals surface area contributed by atoms with Gasteiger partial charge in [0.05, 0.1) is 13.5 Å². The van der Waals surface area contributed by atoms with Gasteiger partial charge in [-0.1, -0.05) is 24.3 Å². The van der Waals surface area contributed by atoms with Crippen molar-refractivity contribution in [2.75, 3.05) is 26.8 Å². The van der Waals surface area contributed by atoms with Gasteiger partial charge in [0.25, 0.3) is 5.91 Å². The summed E-state index contributed by atoms with van der Waals surface area (Å²) < 4.78 is 23.6. The zero-order valence-electron chi connectivity index (χ0n) is 16.4. The van der Waals surface area contributed by atoms with E-state index in [1.807, 2.05) is 12.1 Å². The number of carbonyl (C=O) groups excluding carboxylic acids is 2. The van der Waals surface area contributed by atoms with Crippen LogP contribution in [0, 0.1) is 5.82 Å². The molecule has 29 heavy (non-hydrogen) atoms. The molecule has 0 aliphatic carbocycles. The van der Waals surface area contributed by atoms with Gasteiger partial charge in [0, 0.05) is 13.1 Å². The monoisotopic (exact) mass is 400 g/mol. The quantitative estimate of drug-likeness (QED) is 0.449. The van der Waals surface area contributed by atoms with Crippen LogP contribution in [0.3, 0.4) is 0 Å². The fourth-order valence-corrected chi connectivity index (χ4v) is 2.57. The molecule has 0 fully saturated rings. The third-order valence-electron chi connectivity index (χ3n) is 4.01. The summed E-state index contributed by atoms with van der Waals surface area (Å²) in [6.07, 6.45) is 2.66. The molecule has 0 spiro atoms. The van der Waals surface area contributed by atoms with Crippen molar-refractivity contribution in [1.82, 2.24) is 10.6 Å². The molecule has 0 aromatic heterocycles. The van der Waals surface area contributed by atoms with Gasteiger partial charge in [-0.2, -0.15) is 0 Å². The number of hydrogen-bond donors (Lipinski definition) is 2. The summed E-state index contributed by atoms with van der Waals surface area (Å²) in [5.41, 5.74) is 1.75. The maximum absolute atomic E-state index is 12.8. The lowest BCUT2D eigenvalue weighted by Crippen LogP contribution is -2.37. The molecule has 0 aliphatic rings. The summed E-state index contributed by atoms with van der Waals surface area (Å²) in [6, 6.07) is 11.2. The van der Waals surface area contributed by atoms with Crippen molar-refractivity contribution in [3.63, 3.8) is 0 Å². The molecule has 0 saturated heterocycles. The highest BCUT2D eigenvalue weighted by molar-refractivity contribution is 5.79. The molecule has 2 amide bonds. The molecule has 0 atom stereocenters. The molecule has 0 radical (unpaired) electrons. The number of rotatable bonds is 11. The van der Waals surface area contributed by atoms with Crippen LogP contribution < -0.4 is 20.1 Å². The Hall–Kier alpha value is -3.35. The van der Waals surface area contributed by atoms with Crippen LogP contribution in [0.5, 0.6) is 11.5 Å². The van der Waals surface area contributed by atoms with Gasteiger partial charge in [0.2, 0.25) is 5.91 Å². The predicted molar refractivity (Wildman–Crippen MR) is 109 cm³/mol. The van der Waals surface area contributed by atoms with Gasteiger partial charge in [-0.25, -0.2) is 4.39 Å². The average Bonchev–Trinajstić information content (AvgIpc) is 2.72. The van der Waals surface area contributed by atoms with E-state index in [0.29, 0.717) is 17.9 Å². The molecule has 2 aromatic rings. The van der Waals surface area contributed by atoms with E-state index in [9.17, 15) is 14.0 Å². The van der Waals surface area contributed by atoms with Crippen LogP contribution in [0.1, 0.15) is 11.1 Å². The summed E-state index contributed by atoms with van der Waals surface area (Å²) in [4.78, 5) is 23.7. The predicted octanol–water partition coefficient (Wildman–Crippen LogP) is 2.42. The molecule has 6 nitrogen and oxygen atoms in total. The van der Waals surface area contributed by atoms with Crippen molar-refractivity contribution in [1.29, 1.82) is 0 Å². The van der Waals surface area contributed by atoms with Crippen LogP contribution in [0.25, 0.3) is 0 Å². The van der Waals surface area contributed by atoms with E-state index in [1.165, 1.54) is 19.2 Å². The SMILES string of the molecule is C=CCc1ccc(OCC(=O)NCCNC(=O)Cc2ccc(F)cc2)c(OC)c1. The Morgan fingerprint density at radius 2 is 1.66 bits per heavy atom. The Labute approximate surface area is 169 Å². The van der Waals surface area contributed by atoms with Gasteiger partial charge < -0.3 is 20.1 Å². The summed E-state index contributed by atoms with van der Waals surface area (Å²) in [7, 11) is 1.54. The molecule has 2 N–H and O–H groups in total. The Balaban J connectivity index is 1.67. The maximum Gasteiger partial charge on any atom is 0.258 e. The second-order valence-electron chi connectivity index (χ2n) is 6.27. The van der Waals surface area contributed by atoms with Crippen molar-refractivity contribution < 1.29 is 23.5 Å². The van der Waals surface area contributed by atoms with Crippen LogP contribution in [0.2, 0.25) is 0 Å². The van der Waals surface area contributed by atoms with Crippen LogP contribution >= 0.6 is 0 Å². The van der Waals surface area contributed by atoms with Crippen LogP contribution in [-0.4, -0.2) is 38.6 Å². The van der Waals surface area contributed by atoms with E-state index < -0.39 is 0 Å². The van der Waals surface area contributed by atoms with Crippen molar-refractivity contribution in [2.24, 2.45) is 0 Å². The highest BCUT2D eigenvalue weighted by Gasteiger charge is 2.09. The molecule has 2 rings (SSSR count). The standard InChI is InChI=1S/C22H25FN2O4/c1-3-4-16-7-10-19(20(13-16)28-2)29-15-22(27)25-12-11-24-21(26)14-17-5-8-18(23)9-6-17/h3,5-10,13H,1,4,11-12,14-15H2,2H3,(H,24,26)(H,25,27). The third kappa shape index (κ3) is 7.65. The van der Waals surface area contributed by atoms with Crippen LogP contribution in [0.4, 0.5) is 4.39 Å². The Morgan fingerprint density at radius 1 is 1.00 bits per heavy atom. The molecule has 0 heterocycles. The van der Waals surface area contributed by atoms with Gasteiger partial charge >= 0.3 is 0 Å². The number of ether oxygens (including phenoxy) is 2.